The zero-order valence-electron chi connectivity index (χ0n) is 11.0. The summed E-state index contributed by atoms with van der Waals surface area (Å²) < 4.78 is 13.3. The summed E-state index contributed by atoms with van der Waals surface area (Å²) in [4.78, 5) is 0. The fourth-order valence-electron chi connectivity index (χ4n) is 2.23. The van der Waals surface area contributed by atoms with E-state index in [0.29, 0.717) is 5.92 Å². The molecule has 3 heteroatoms. The zero-order chi connectivity index (χ0) is 12.8. The minimum atomic E-state index is -0.199. The minimum Gasteiger partial charge on any atom is -0.271 e. The fraction of sp³-hybridized carbons (Fsp3) is 0.571. The quantitative estimate of drug-likeness (QED) is 0.588. The van der Waals surface area contributed by atoms with Gasteiger partial charge in [0.25, 0.3) is 0 Å². The maximum atomic E-state index is 13.3. The van der Waals surface area contributed by atoms with E-state index in [-0.39, 0.29) is 11.9 Å². The third kappa shape index (κ3) is 3.79. The predicted molar refractivity (Wildman–Crippen MR) is 69.9 cm³/mol. The molecule has 96 valence electrons. The first-order valence-corrected chi connectivity index (χ1v) is 6.34. The molecule has 0 aliphatic heterocycles. The van der Waals surface area contributed by atoms with Crippen molar-refractivity contribution >= 4 is 0 Å². The van der Waals surface area contributed by atoms with Gasteiger partial charge in [-0.3, -0.25) is 11.3 Å². The highest BCUT2D eigenvalue weighted by Gasteiger charge is 2.17. The molecule has 3 N–H and O–H groups in total. The lowest BCUT2D eigenvalue weighted by Gasteiger charge is -2.23. The van der Waals surface area contributed by atoms with E-state index in [1.807, 2.05) is 13.0 Å². The van der Waals surface area contributed by atoms with E-state index in [1.54, 1.807) is 6.07 Å². The van der Waals surface area contributed by atoms with Crippen LogP contribution in [0.5, 0.6) is 0 Å². The molecule has 1 aromatic rings. The SMILES string of the molecule is CCC(CC)CC(NN)c1cc(F)ccc1C. The van der Waals surface area contributed by atoms with Gasteiger partial charge in [0.15, 0.2) is 0 Å². The number of hydrazine groups is 1. The molecule has 0 saturated carbocycles. The van der Waals surface area contributed by atoms with Gasteiger partial charge in [0.2, 0.25) is 0 Å². The average Bonchev–Trinajstić information content (AvgIpc) is 2.34. The highest BCUT2D eigenvalue weighted by atomic mass is 19.1. The van der Waals surface area contributed by atoms with Gasteiger partial charge in [-0.25, -0.2) is 4.39 Å². The van der Waals surface area contributed by atoms with Crippen LogP contribution < -0.4 is 11.3 Å². The summed E-state index contributed by atoms with van der Waals surface area (Å²) in [6.07, 6.45) is 3.21. The third-order valence-electron chi connectivity index (χ3n) is 3.54. The van der Waals surface area contributed by atoms with Gasteiger partial charge in [-0.05, 0) is 42.5 Å². The molecular formula is C14H23FN2. The van der Waals surface area contributed by atoms with E-state index < -0.39 is 0 Å². The van der Waals surface area contributed by atoms with E-state index in [4.69, 9.17) is 5.84 Å². The Morgan fingerprint density at radius 1 is 1.29 bits per heavy atom. The van der Waals surface area contributed by atoms with Gasteiger partial charge in [-0.2, -0.15) is 0 Å². The van der Waals surface area contributed by atoms with Crippen LogP contribution in [0.2, 0.25) is 0 Å². The maximum Gasteiger partial charge on any atom is 0.123 e. The number of hydrogen-bond acceptors (Lipinski definition) is 2. The predicted octanol–water partition coefficient (Wildman–Crippen LogP) is 3.46. The van der Waals surface area contributed by atoms with Crippen molar-refractivity contribution in [1.82, 2.24) is 5.43 Å². The summed E-state index contributed by atoms with van der Waals surface area (Å²) in [6.45, 7) is 6.35. The number of rotatable bonds is 6. The molecule has 0 heterocycles. The fourth-order valence-corrected chi connectivity index (χ4v) is 2.23. The smallest absolute Gasteiger partial charge is 0.123 e. The number of halogens is 1. The van der Waals surface area contributed by atoms with Gasteiger partial charge in [0.05, 0.1) is 0 Å². The zero-order valence-corrected chi connectivity index (χ0v) is 11.0. The van der Waals surface area contributed by atoms with E-state index in [1.165, 1.54) is 6.07 Å². The number of benzene rings is 1. The van der Waals surface area contributed by atoms with Crippen molar-refractivity contribution in [2.75, 3.05) is 0 Å². The highest BCUT2D eigenvalue weighted by molar-refractivity contribution is 5.29. The van der Waals surface area contributed by atoms with Crippen molar-refractivity contribution in [2.45, 2.75) is 46.1 Å². The molecule has 0 radical (unpaired) electrons. The first-order valence-electron chi connectivity index (χ1n) is 6.34. The largest absolute Gasteiger partial charge is 0.271 e. The van der Waals surface area contributed by atoms with Crippen molar-refractivity contribution in [3.05, 3.63) is 35.1 Å². The highest BCUT2D eigenvalue weighted by Crippen LogP contribution is 2.27. The molecule has 17 heavy (non-hydrogen) atoms. The summed E-state index contributed by atoms with van der Waals surface area (Å²) >= 11 is 0. The molecule has 1 rings (SSSR count). The number of aryl methyl sites for hydroxylation is 1. The van der Waals surface area contributed by atoms with Gasteiger partial charge >= 0.3 is 0 Å². The number of nitrogens with one attached hydrogen (secondary N) is 1. The van der Waals surface area contributed by atoms with E-state index >= 15 is 0 Å². The van der Waals surface area contributed by atoms with Crippen LogP contribution in [-0.2, 0) is 0 Å². The van der Waals surface area contributed by atoms with Crippen molar-refractivity contribution in [3.63, 3.8) is 0 Å². The summed E-state index contributed by atoms with van der Waals surface area (Å²) in [5.74, 6) is 6.03. The summed E-state index contributed by atoms with van der Waals surface area (Å²) in [5.41, 5.74) is 4.87. The normalized spacial score (nSPS) is 13.1. The first kappa shape index (κ1) is 14.1. The lowest BCUT2D eigenvalue weighted by molar-refractivity contribution is 0.373. The minimum absolute atomic E-state index is 0.0376. The second kappa shape index (κ2) is 6.72. The lowest BCUT2D eigenvalue weighted by atomic mass is 9.89. The molecule has 0 amide bonds. The molecule has 1 unspecified atom stereocenters. The maximum absolute atomic E-state index is 13.3. The van der Waals surface area contributed by atoms with E-state index in [0.717, 1.165) is 30.4 Å². The molecule has 2 nitrogen and oxygen atoms in total. The van der Waals surface area contributed by atoms with Gasteiger partial charge in [0.1, 0.15) is 5.82 Å². The van der Waals surface area contributed by atoms with Gasteiger partial charge < -0.3 is 0 Å². The van der Waals surface area contributed by atoms with Crippen LogP contribution in [0, 0.1) is 18.7 Å². The summed E-state index contributed by atoms with van der Waals surface area (Å²) in [5, 5.41) is 0. The molecule has 0 aliphatic carbocycles. The number of hydrogen-bond donors (Lipinski definition) is 2. The molecule has 0 spiro atoms. The monoisotopic (exact) mass is 238 g/mol. The molecule has 0 bridgehead atoms. The Morgan fingerprint density at radius 2 is 1.94 bits per heavy atom. The average molecular weight is 238 g/mol. The standard InChI is InChI=1S/C14H23FN2/c1-4-11(5-2)8-14(17-16)13-9-12(15)7-6-10(13)3/h6-7,9,11,14,17H,4-5,8,16H2,1-3H3. The molecule has 0 saturated heterocycles. The van der Waals surface area contributed by atoms with E-state index in [9.17, 15) is 4.39 Å². The summed E-state index contributed by atoms with van der Waals surface area (Å²) in [6, 6.07) is 4.92. The van der Waals surface area contributed by atoms with Gasteiger partial charge in [-0.1, -0.05) is 32.8 Å². The Bertz CT molecular complexity index is 348. The first-order chi connectivity index (χ1) is 8.12. The van der Waals surface area contributed by atoms with Gasteiger partial charge in [0, 0.05) is 6.04 Å². The van der Waals surface area contributed by atoms with Crippen molar-refractivity contribution < 1.29 is 4.39 Å². The Balaban J connectivity index is 2.89. The Hall–Kier alpha value is -0.930. The van der Waals surface area contributed by atoms with Crippen LogP contribution in [0.4, 0.5) is 4.39 Å². The molecule has 1 atom stereocenters. The number of nitrogens with two attached hydrogens (primary N) is 1. The topological polar surface area (TPSA) is 38.0 Å². The van der Waals surface area contributed by atoms with Crippen LogP contribution in [-0.4, -0.2) is 0 Å². The van der Waals surface area contributed by atoms with Gasteiger partial charge in [-0.15, -0.1) is 0 Å². The second-order valence-corrected chi connectivity index (χ2v) is 4.64. The second-order valence-electron chi connectivity index (χ2n) is 4.64. The van der Waals surface area contributed by atoms with Crippen LogP contribution in [0.25, 0.3) is 0 Å². The van der Waals surface area contributed by atoms with Crippen LogP contribution >= 0.6 is 0 Å². The molecule has 1 aromatic carbocycles. The van der Waals surface area contributed by atoms with Crippen molar-refractivity contribution in [1.29, 1.82) is 0 Å². The van der Waals surface area contributed by atoms with Crippen LogP contribution in [0.15, 0.2) is 18.2 Å². The Labute approximate surface area is 103 Å². The lowest BCUT2D eigenvalue weighted by Crippen LogP contribution is -2.30. The Kier molecular flexibility index (Phi) is 5.59. The van der Waals surface area contributed by atoms with Crippen molar-refractivity contribution in [3.8, 4) is 0 Å². The molecule has 0 aromatic heterocycles. The molecule has 0 fully saturated rings. The molecule has 0 aliphatic rings. The molecular weight excluding hydrogens is 215 g/mol. The van der Waals surface area contributed by atoms with Crippen LogP contribution in [0.3, 0.4) is 0 Å². The van der Waals surface area contributed by atoms with E-state index in [2.05, 4.69) is 19.3 Å². The van der Waals surface area contributed by atoms with Crippen LogP contribution in [0.1, 0.15) is 50.3 Å². The summed E-state index contributed by atoms with van der Waals surface area (Å²) in [7, 11) is 0. The Morgan fingerprint density at radius 3 is 2.47 bits per heavy atom. The third-order valence-corrected chi connectivity index (χ3v) is 3.54. The van der Waals surface area contributed by atoms with Crippen molar-refractivity contribution in [2.24, 2.45) is 11.8 Å².